The smallest absolute Gasteiger partial charge is 0.226 e. The van der Waals surface area contributed by atoms with Crippen LogP contribution in [0, 0.1) is 17.3 Å². The van der Waals surface area contributed by atoms with E-state index in [1.165, 1.54) is 5.56 Å². The number of hydrogen-bond donors (Lipinski definition) is 1. The van der Waals surface area contributed by atoms with Crippen molar-refractivity contribution in [3.05, 3.63) is 35.9 Å². The summed E-state index contributed by atoms with van der Waals surface area (Å²) in [6.07, 6.45) is 1.24. The van der Waals surface area contributed by atoms with Crippen molar-refractivity contribution in [3.8, 4) is 0 Å². The average Bonchev–Trinajstić information content (AvgIpc) is 3.32. The molecule has 0 spiro atoms. The Bertz CT molecular complexity index is 554. The second-order valence-electron chi connectivity index (χ2n) is 7.53. The standard InChI is InChI=1S/C19H27NO2/c1-5-22-16-13(2)15(16)17(21)20-12-19(11-18(19,3)4)14-9-7-6-8-10-14/h6-10,13,15-16H,5,11-12H2,1-4H3,(H,20,21). The Kier molecular flexibility index (Phi) is 3.80. The Morgan fingerprint density at radius 1 is 1.32 bits per heavy atom. The highest BCUT2D eigenvalue weighted by molar-refractivity contribution is 5.83. The van der Waals surface area contributed by atoms with Gasteiger partial charge in [-0.3, -0.25) is 4.79 Å². The number of ether oxygens (including phenoxy) is 1. The summed E-state index contributed by atoms with van der Waals surface area (Å²) >= 11 is 0. The lowest BCUT2D eigenvalue weighted by Gasteiger charge is -2.22. The van der Waals surface area contributed by atoms with Crippen molar-refractivity contribution in [1.29, 1.82) is 0 Å². The maximum absolute atomic E-state index is 12.4. The lowest BCUT2D eigenvalue weighted by Crippen LogP contribution is -2.36. The number of carbonyl (C=O) groups is 1. The largest absolute Gasteiger partial charge is 0.377 e. The highest BCUT2D eigenvalue weighted by Crippen LogP contribution is 2.63. The summed E-state index contributed by atoms with van der Waals surface area (Å²) < 4.78 is 5.61. The fourth-order valence-corrected chi connectivity index (χ4v) is 3.98. The molecule has 4 atom stereocenters. The van der Waals surface area contributed by atoms with Gasteiger partial charge >= 0.3 is 0 Å². The topological polar surface area (TPSA) is 38.3 Å². The van der Waals surface area contributed by atoms with Crippen LogP contribution in [0.1, 0.15) is 39.7 Å². The molecule has 120 valence electrons. The molecule has 0 aromatic heterocycles. The van der Waals surface area contributed by atoms with Crippen LogP contribution in [-0.2, 0) is 14.9 Å². The molecule has 1 N–H and O–H groups in total. The molecule has 3 nitrogen and oxygen atoms in total. The summed E-state index contributed by atoms with van der Waals surface area (Å²) in [6, 6.07) is 10.6. The third-order valence-corrected chi connectivity index (χ3v) is 5.76. The molecule has 2 aliphatic carbocycles. The van der Waals surface area contributed by atoms with E-state index in [1.54, 1.807) is 0 Å². The molecular weight excluding hydrogens is 274 g/mol. The van der Waals surface area contributed by atoms with Crippen LogP contribution >= 0.6 is 0 Å². The van der Waals surface area contributed by atoms with Crippen LogP contribution in [0.5, 0.6) is 0 Å². The molecule has 3 rings (SSSR count). The van der Waals surface area contributed by atoms with Gasteiger partial charge < -0.3 is 10.1 Å². The van der Waals surface area contributed by atoms with Gasteiger partial charge in [-0.2, -0.15) is 0 Å². The second-order valence-corrected chi connectivity index (χ2v) is 7.53. The molecule has 1 amide bonds. The summed E-state index contributed by atoms with van der Waals surface area (Å²) in [5.41, 5.74) is 1.67. The second kappa shape index (κ2) is 5.38. The van der Waals surface area contributed by atoms with E-state index in [0.29, 0.717) is 12.5 Å². The maximum Gasteiger partial charge on any atom is 0.226 e. The van der Waals surface area contributed by atoms with Crippen molar-refractivity contribution >= 4 is 5.91 Å². The molecule has 0 saturated heterocycles. The van der Waals surface area contributed by atoms with Gasteiger partial charge in [0.15, 0.2) is 0 Å². The fraction of sp³-hybridized carbons (Fsp3) is 0.632. The number of carbonyl (C=O) groups excluding carboxylic acids is 1. The normalized spacial score (nSPS) is 35.0. The molecule has 3 heteroatoms. The summed E-state index contributed by atoms with van der Waals surface area (Å²) in [6.45, 7) is 10.1. The number of nitrogens with one attached hydrogen (secondary N) is 1. The van der Waals surface area contributed by atoms with E-state index >= 15 is 0 Å². The molecule has 2 aliphatic rings. The Balaban J connectivity index is 1.64. The summed E-state index contributed by atoms with van der Waals surface area (Å²) in [4.78, 5) is 12.4. The van der Waals surface area contributed by atoms with Gasteiger partial charge in [0.2, 0.25) is 5.91 Å². The minimum Gasteiger partial charge on any atom is -0.377 e. The van der Waals surface area contributed by atoms with Crippen LogP contribution in [-0.4, -0.2) is 25.2 Å². The Morgan fingerprint density at radius 2 is 1.95 bits per heavy atom. The van der Waals surface area contributed by atoms with Crippen LogP contribution in [0.3, 0.4) is 0 Å². The average molecular weight is 301 g/mol. The third-order valence-electron chi connectivity index (χ3n) is 5.76. The SMILES string of the molecule is CCOC1C(C)C1C(=O)NCC1(c2ccccc2)CC1(C)C. The molecule has 4 unspecified atom stereocenters. The van der Waals surface area contributed by atoms with Gasteiger partial charge in [-0.25, -0.2) is 0 Å². The van der Waals surface area contributed by atoms with E-state index in [-0.39, 0.29) is 28.8 Å². The molecule has 2 fully saturated rings. The van der Waals surface area contributed by atoms with E-state index in [4.69, 9.17) is 4.74 Å². The van der Waals surface area contributed by atoms with E-state index in [0.717, 1.165) is 13.0 Å². The van der Waals surface area contributed by atoms with Gasteiger partial charge in [0, 0.05) is 18.6 Å². The molecule has 22 heavy (non-hydrogen) atoms. The van der Waals surface area contributed by atoms with Crippen LogP contribution < -0.4 is 5.32 Å². The fourth-order valence-electron chi connectivity index (χ4n) is 3.98. The number of rotatable bonds is 6. The van der Waals surface area contributed by atoms with E-state index < -0.39 is 0 Å². The van der Waals surface area contributed by atoms with Crippen LogP contribution in [0.15, 0.2) is 30.3 Å². The van der Waals surface area contributed by atoms with Gasteiger partial charge in [-0.15, -0.1) is 0 Å². The summed E-state index contributed by atoms with van der Waals surface area (Å²) in [5.74, 6) is 0.540. The summed E-state index contributed by atoms with van der Waals surface area (Å²) in [5, 5.41) is 3.20. The first kappa shape index (κ1) is 15.5. The molecule has 0 heterocycles. The number of benzene rings is 1. The van der Waals surface area contributed by atoms with Gasteiger partial charge in [-0.05, 0) is 30.2 Å². The van der Waals surface area contributed by atoms with E-state index in [9.17, 15) is 4.79 Å². The van der Waals surface area contributed by atoms with Gasteiger partial charge in [0.1, 0.15) is 0 Å². The molecule has 1 aromatic carbocycles. The predicted octanol–water partition coefficient (Wildman–Crippen LogP) is 3.14. The Morgan fingerprint density at radius 3 is 2.50 bits per heavy atom. The zero-order valence-corrected chi connectivity index (χ0v) is 14.1. The monoisotopic (exact) mass is 301 g/mol. The van der Waals surface area contributed by atoms with E-state index in [2.05, 4.69) is 50.4 Å². The first-order valence-corrected chi connectivity index (χ1v) is 8.38. The summed E-state index contributed by atoms with van der Waals surface area (Å²) in [7, 11) is 0. The first-order valence-electron chi connectivity index (χ1n) is 8.38. The van der Waals surface area contributed by atoms with Gasteiger partial charge in [-0.1, -0.05) is 51.1 Å². The van der Waals surface area contributed by atoms with Crippen LogP contribution in [0.4, 0.5) is 0 Å². The van der Waals surface area contributed by atoms with Crippen molar-refractivity contribution in [1.82, 2.24) is 5.32 Å². The van der Waals surface area contributed by atoms with Crippen molar-refractivity contribution in [2.24, 2.45) is 17.3 Å². The zero-order chi connectivity index (χ0) is 16.0. The highest BCUT2D eigenvalue weighted by Gasteiger charge is 2.62. The van der Waals surface area contributed by atoms with Gasteiger partial charge in [0.05, 0.1) is 12.0 Å². The zero-order valence-electron chi connectivity index (χ0n) is 14.1. The minimum absolute atomic E-state index is 0.0367. The number of amides is 1. The maximum atomic E-state index is 12.4. The Hall–Kier alpha value is -1.35. The van der Waals surface area contributed by atoms with E-state index in [1.807, 2.05) is 13.0 Å². The lowest BCUT2D eigenvalue weighted by atomic mass is 9.88. The molecule has 2 saturated carbocycles. The van der Waals surface area contributed by atoms with Crippen LogP contribution in [0.2, 0.25) is 0 Å². The van der Waals surface area contributed by atoms with Crippen molar-refractivity contribution < 1.29 is 9.53 Å². The minimum atomic E-state index is 0.0367. The Labute approximate surface area is 133 Å². The quantitative estimate of drug-likeness (QED) is 0.876. The van der Waals surface area contributed by atoms with Crippen molar-refractivity contribution in [2.45, 2.75) is 45.6 Å². The predicted molar refractivity (Wildman–Crippen MR) is 87.6 cm³/mol. The third kappa shape index (κ3) is 2.45. The first-order chi connectivity index (χ1) is 10.4. The molecule has 1 aromatic rings. The molecule has 0 radical (unpaired) electrons. The van der Waals surface area contributed by atoms with Crippen molar-refractivity contribution in [2.75, 3.05) is 13.2 Å². The molecule has 0 bridgehead atoms. The molecule has 0 aliphatic heterocycles. The van der Waals surface area contributed by atoms with Crippen molar-refractivity contribution in [3.63, 3.8) is 0 Å². The number of hydrogen-bond acceptors (Lipinski definition) is 2. The highest BCUT2D eigenvalue weighted by atomic mass is 16.5. The van der Waals surface area contributed by atoms with Crippen LogP contribution in [0.25, 0.3) is 0 Å². The molecular formula is C19H27NO2. The van der Waals surface area contributed by atoms with Gasteiger partial charge in [0.25, 0.3) is 0 Å². The lowest BCUT2D eigenvalue weighted by molar-refractivity contribution is -0.123.